The topological polar surface area (TPSA) is 92.3 Å². The highest BCUT2D eigenvalue weighted by Crippen LogP contribution is 2.23. The number of carbonyl (C=O) groups is 2. The van der Waals surface area contributed by atoms with Crippen molar-refractivity contribution >= 4 is 27.5 Å². The first-order valence-electron chi connectivity index (χ1n) is 7.92. The minimum atomic E-state index is -3.98. The molecule has 25 heavy (non-hydrogen) atoms. The molecule has 0 saturated carbocycles. The van der Waals surface area contributed by atoms with E-state index in [4.69, 9.17) is 0 Å². The molecule has 130 valence electrons. The molecule has 2 amide bonds. The van der Waals surface area contributed by atoms with E-state index in [2.05, 4.69) is 10.0 Å². The molecule has 0 bridgehead atoms. The van der Waals surface area contributed by atoms with Gasteiger partial charge >= 0.3 is 0 Å². The summed E-state index contributed by atoms with van der Waals surface area (Å²) < 4.78 is 26.8. The van der Waals surface area contributed by atoms with Crippen molar-refractivity contribution in [1.29, 1.82) is 0 Å². The van der Waals surface area contributed by atoms with E-state index < -0.39 is 15.9 Å². The minimum absolute atomic E-state index is 0.0453. The molecule has 2 aromatic rings. The fraction of sp³-hybridized carbons (Fsp3) is 0.222. The van der Waals surface area contributed by atoms with Gasteiger partial charge in [0.2, 0.25) is 5.91 Å². The van der Waals surface area contributed by atoms with Gasteiger partial charge in [-0.25, -0.2) is 13.1 Å². The highest BCUT2D eigenvalue weighted by Gasteiger charge is 2.20. The predicted octanol–water partition coefficient (Wildman–Crippen LogP) is 2.25. The molecule has 2 aromatic carbocycles. The van der Waals surface area contributed by atoms with Crippen molar-refractivity contribution in [2.75, 3.05) is 5.32 Å². The van der Waals surface area contributed by atoms with Gasteiger partial charge in [0.25, 0.3) is 15.9 Å². The van der Waals surface area contributed by atoms with Gasteiger partial charge in [-0.3, -0.25) is 9.59 Å². The standard InChI is InChI=1S/C18H18N2O4S/c1-12(21)19-16-7-9-17(10-8-16)25(23,24)20-18(22)15-6-5-13-3-2-4-14(13)11-15/h5-11H,2-4H2,1H3,(H,19,21)(H,20,22). The molecule has 0 radical (unpaired) electrons. The lowest BCUT2D eigenvalue weighted by Crippen LogP contribution is -2.30. The minimum Gasteiger partial charge on any atom is -0.326 e. The van der Waals surface area contributed by atoms with Crippen LogP contribution < -0.4 is 10.0 Å². The van der Waals surface area contributed by atoms with E-state index in [9.17, 15) is 18.0 Å². The third-order valence-electron chi connectivity index (χ3n) is 4.07. The molecule has 0 aliphatic heterocycles. The van der Waals surface area contributed by atoms with Gasteiger partial charge in [0.1, 0.15) is 0 Å². The number of sulfonamides is 1. The fourth-order valence-electron chi connectivity index (χ4n) is 2.87. The number of carbonyl (C=O) groups excluding carboxylic acids is 2. The van der Waals surface area contributed by atoms with Crippen molar-refractivity contribution in [2.24, 2.45) is 0 Å². The van der Waals surface area contributed by atoms with E-state index >= 15 is 0 Å². The molecule has 0 heterocycles. The van der Waals surface area contributed by atoms with Gasteiger partial charge in [-0.2, -0.15) is 0 Å². The molecule has 2 N–H and O–H groups in total. The van der Waals surface area contributed by atoms with Crippen molar-refractivity contribution in [3.63, 3.8) is 0 Å². The number of anilines is 1. The Morgan fingerprint density at radius 3 is 2.32 bits per heavy atom. The Labute approximate surface area is 146 Å². The smallest absolute Gasteiger partial charge is 0.265 e. The Morgan fingerprint density at radius 2 is 1.64 bits per heavy atom. The van der Waals surface area contributed by atoms with Crippen LogP contribution in [-0.2, 0) is 27.7 Å². The third kappa shape index (κ3) is 3.88. The molecular formula is C18H18N2O4S. The molecule has 0 spiro atoms. The lowest BCUT2D eigenvalue weighted by Gasteiger charge is -2.09. The quantitative estimate of drug-likeness (QED) is 0.877. The highest BCUT2D eigenvalue weighted by molar-refractivity contribution is 7.90. The van der Waals surface area contributed by atoms with Crippen LogP contribution in [0.2, 0.25) is 0 Å². The Balaban J connectivity index is 1.76. The molecule has 0 unspecified atom stereocenters. The van der Waals surface area contributed by atoms with Crippen LogP contribution in [0.1, 0.15) is 34.8 Å². The maximum Gasteiger partial charge on any atom is 0.265 e. The molecule has 1 aliphatic rings. The second-order valence-corrected chi connectivity index (χ2v) is 7.66. The van der Waals surface area contributed by atoms with Gasteiger partial charge in [0, 0.05) is 18.2 Å². The van der Waals surface area contributed by atoms with E-state index in [1.54, 1.807) is 12.1 Å². The van der Waals surface area contributed by atoms with Crippen molar-refractivity contribution in [3.05, 3.63) is 59.2 Å². The SMILES string of the molecule is CC(=O)Nc1ccc(S(=O)(=O)NC(=O)c2ccc3c(c2)CCC3)cc1. The third-order valence-corrected chi connectivity index (χ3v) is 5.42. The molecule has 1 aliphatic carbocycles. The maximum atomic E-state index is 12.4. The van der Waals surface area contributed by atoms with E-state index in [1.807, 2.05) is 6.07 Å². The molecule has 6 nitrogen and oxygen atoms in total. The number of hydrogen-bond donors (Lipinski definition) is 2. The van der Waals surface area contributed by atoms with Crippen LogP contribution in [0, 0.1) is 0 Å². The van der Waals surface area contributed by atoms with Crippen LogP contribution in [0.25, 0.3) is 0 Å². The summed E-state index contributed by atoms with van der Waals surface area (Å²) in [6.45, 7) is 1.36. The molecule has 0 atom stereocenters. The Kier molecular flexibility index (Phi) is 4.59. The zero-order valence-electron chi connectivity index (χ0n) is 13.7. The van der Waals surface area contributed by atoms with Gasteiger partial charge in [-0.15, -0.1) is 0 Å². The normalized spacial score (nSPS) is 13.2. The zero-order valence-corrected chi connectivity index (χ0v) is 14.5. The summed E-state index contributed by atoms with van der Waals surface area (Å²) in [6.07, 6.45) is 2.96. The van der Waals surface area contributed by atoms with E-state index in [-0.39, 0.29) is 10.8 Å². The second-order valence-electron chi connectivity index (χ2n) is 5.98. The van der Waals surface area contributed by atoms with Gasteiger partial charge < -0.3 is 5.32 Å². The highest BCUT2D eigenvalue weighted by atomic mass is 32.2. The maximum absolute atomic E-state index is 12.4. The summed E-state index contributed by atoms with van der Waals surface area (Å²) in [4.78, 5) is 23.2. The Hall–Kier alpha value is -2.67. The number of aryl methyl sites for hydroxylation is 2. The number of benzene rings is 2. The monoisotopic (exact) mass is 358 g/mol. The molecule has 0 saturated heterocycles. The predicted molar refractivity (Wildman–Crippen MR) is 93.9 cm³/mol. The number of rotatable bonds is 4. The van der Waals surface area contributed by atoms with Crippen LogP contribution >= 0.6 is 0 Å². The summed E-state index contributed by atoms with van der Waals surface area (Å²) in [6, 6.07) is 10.9. The summed E-state index contributed by atoms with van der Waals surface area (Å²) in [5, 5.41) is 2.55. The lowest BCUT2D eigenvalue weighted by molar-refractivity contribution is -0.114. The first-order valence-corrected chi connectivity index (χ1v) is 9.40. The largest absolute Gasteiger partial charge is 0.326 e. The number of nitrogens with one attached hydrogen (secondary N) is 2. The summed E-state index contributed by atoms with van der Waals surface area (Å²) in [7, 11) is -3.98. The van der Waals surface area contributed by atoms with Crippen LogP contribution in [0.5, 0.6) is 0 Å². The van der Waals surface area contributed by atoms with E-state index in [1.165, 1.54) is 36.8 Å². The Bertz CT molecular complexity index is 934. The van der Waals surface area contributed by atoms with Gasteiger partial charge in [0.15, 0.2) is 0 Å². The number of amides is 2. The first-order chi connectivity index (χ1) is 11.8. The fourth-order valence-corrected chi connectivity index (χ4v) is 3.85. The lowest BCUT2D eigenvalue weighted by atomic mass is 10.1. The van der Waals surface area contributed by atoms with Crippen LogP contribution in [0.3, 0.4) is 0 Å². The molecule has 3 rings (SSSR count). The van der Waals surface area contributed by atoms with Gasteiger partial charge in [-0.05, 0) is 66.8 Å². The zero-order chi connectivity index (χ0) is 18.0. The second kappa shape index (κ2) is 6.68. The van der Waals surface area contributed by atoms with Crippen LogP contribution in [-0.4, -0.2) is 20.2 Å². The van der Waals surface area contributed by atoms with Gasteiger partial charge in [-0.1, -0.05) is 6.07 Å². The average Bonchev–Trinajstić information content (AvgIpc) is 3.02. The van der Waals surface area contributed by atoms with Crippen molar-refractivity contribution < 1.29 is 18.0 Å². The van der Waals surface area contributed by atoms with Crippen LogP contribution in [0.4, 0.5) is 5.69 Å². The van der Waals surface area contributed by atoms with Crippen molar-refractivity contribution in [1.82, 2.24) is 4.72 Å². The number of hydrogen-bond acceptors (Lipinski definition) is 4. The van der Waals surface area contributed by atoms with Crippen molar-refractivity contribution in [2.45, 2.75) is 31.1 Å². The van der Waals surface area contributed by atoms with E-state index in [0.29, 0.717) is 11.3 Å². The number of fused-ring (bicyclic) bond motifs is 1. The summed E-state index contributed by atoms with van der Waals surface area (Å²) in [5.41, 5.74) is 3.13. The van der Waals surface area contributed by atoms with Crippen LogP contribution in [0.15, 0.2) is 47.4 Å². The van der Waals surface area contributed by atoms with Gasteiger partial charge in [0.05, 0.1) is 4.90 Å². The van der Waals surface area contributed by atoms with Crippen molar-refractivity contribution in [3.8, 4) is 0 Å². The average molecular weight is 358 g/mol. The molecule has 7 heteroatoms. The first kappa shape index (κ1) is 17.2. The Morgan fingerprint density at radius 1 is 0.960 bits per heavy atom. The molecule has 0 aromatic heterocycles. The summed E-state index contributed by atoms with van der Waals surface area (Å²) >= 11 is 0. The molecular weight excluding hydrogens is 340 g/mol. The summed E-state index contributed by atoms with van der Waals surface area (Å²) in [5.74, 6) is -0.902. The van der Waals surface area contributed by atoms with E-state index in [0.717, 1.165) is 24.8 Å². The molecule has 0 fully saturated rings.